The summed E-state index contributed by atoms with van der Waals surface area (Å²) in [7, 11) is 0. The van der Waals surface area contributed by atoms with Gasteiger partial charge < -0.3 is 9.80 Å². The Labute approximate surface area is 181 Å². The third-order valence-corrected chi connectivity index (χ3v) is 6.81. The topological polar surface area (TPSA) is 87.0 Å². The highest BCUT2D eigenvalue weighted by atomic mass is 32.2. The maximum atomic E-state index is 12.8. The molecule has 164 valence electrons. The molecule has 1 atom stereocenters. The molecule has 2 aliphatic rings. The number of carbonyl (C=O) groups is 2. The molecule has 2 amide bonds. The SMILES string of the molecule is CC(Sc1ccc([N+](=O)[O-])cc1)C(=O)N1CCN(CC(=O)N2CCCCCC2)CC1. The first-order valence-electron chi connectivity index (χ1n) is 10.6. The van der Waals surface area contributed by atoms with E-state index in [0.29, 0.717) is 32.7 Å². The Hall–Kier alpha value is -2.13. The molecular formula is C21H30N4O4S. The van der Waals surface area contributed by atoms with Crippen molar-refractivity contribution in [2.45, 2.75) is 42.8 Å². The number of benzene rings is 1. The Bertz CT molecular complexity index is 742. The van der Waals surface area contributed by atoms with Crippen molar-refractivity contribution in [1.82, 2.24) is 14.7 Å². The fraction of sp³-hybridized carbons (Fsp3) is 0.619. The number of thioether (sulfide) groups is 1. The van der Waals surface area contributed by atoms with Gasteiger partial charge in [0.2, 0.25) is 11.8 Å². The zero-order valence-corrected chi connectivity index (χ0v) is 18.3. The van der Waals surface area contributed by atoms with E-state index < -0.39 is 4.92 Å². The molecule has 2 fully saturated rings. The lowest BCUT2D eigenvalue weighted by molar-refractivity contribution is -0.384. The summed E-state index contributed by atoms with van der Waals surface area (Å²) in [4.78, 5) is 42.5. The van der Waals surface area contributed by atoms with E-state index in [1.165, 1.54) is 36.7 Å². The minimum absolute atomic E-state index is 0.0455. The summed E-state index contributed by atoms with van der Waals surface area (Å²) in [5, 5.41) is 10.5. The van der Waals surface area contributed by atoms with Gasteiger partial charge in [0.05, 0.1) is 16.7 Å². The van der Waals surface area contributed by atoms with E-state index in [4.69, 9.17) is 0 Å². The highest BCUT2D eigenvalue weighted by molar-refractivity contribution is 8.00. The molecule has 3 rings (SSSR count). The lowest BCUT2D eigenvalue weighted by Crippen LogP contribution is -2.53. The van der Waals surface area contributed by atoms with Crippen LogP contribution in [0, 0.1) is 10.1 Å². The van der Waals surface area contributed by atoms with Crippen molar-refractivity contribution in [3.8, 4) is 0 Å². The molecular weight excluding hydrogens is 404 g/mol. The van der Waals surface area contributed by atoms with Crippen LogP contribution in [0.2, 0.25) is 0 Å². The number of non-ortho nitro benzene ring substituents is 1. The van der Waals surface area contributed by atoms with E-state index in [9.17, 15) is 19.7 Å². The molecule has 8 nitrogen and oxygen atoms in total. The standard InChI is InChI=1S/C21H30N4O4S/c1-17(30-19-8-6-18(7-9-19)25(28)29)21(27)24-14-12-22(13-15-24)16-20(26)23-10-4-2-3-5-11-23/h6-9,17H,2-5,10-16H2,1H3. The molecule has 0 aromatic heterocycles. The van der Waals surface area contributed by atoms with Crippen LogP contribution in [0.3, 0.4) is 0 Å². The molecule has 0 N–H and O–H groups in total. The summed E-state index contributed by atoms with van der Waals surface area (Å²) in [6.07, 6.45) is 4.61. The predicted octanol–water partition coefficient (Wildman–Crippen LogP) is 2.62. The average Bonchev–Trinajstić information content (AvgIpc) is 3.04. The minimum atomic E-state index is -0.430. The van der Waals surface area contributed by atoms with Crippen LogP contribution in [0.4, 0.5) is 5.69 Å². The molecule has 0 spiro atoms. The molecule has 9 heteroatoms. The first-order valence-corrected chi connectivity index (χ1v) is 11.5. The first-order chi connectivity index (χ1) is 14.4. The van der Waals surface area contributed by atoms with Gasteiger partial charge in [-0.1, -0.05) is 12.8 Å². The van der Waals surface area contributed by atoms with Gasteiger partial charge in [-0.25, -0.2) is 0 Å². The molecule has 0 aliphatic carbocycles. The van der Waals surface area contributed by atoms with E-state index in [-0.39, 0.29) is 22.8 Å². The van der Waals surface area contributed by atoms with Crippen molar-refractivity contribution in [2.24, 2.45) is 0 Å². The minimum Gasteiger partial charge on any atom is -0.342 e. The number of rotatable bonds is 6. The number of piperazine rings is 1. The Kier molecular flexibility index (Phi) is 8.09. The second-order valence-electron chi connectivity index (χ2n) is 7.91. The number of nitro groups is 1. The summed E-state index contributed by atoms with van der Waals surface area (Å²) in [5.41, 5.74) is 0.0455. The van der Waals surface area contributed by atoms with Crippen molar-refractivity contribution < 1.29 is 14.5 Å². The fourth-order valence-electron chi connectivity index (χ4n) is 3.90. The van der Waals surface area contributed by atoms with Crippen LogP contribution in [0.25, 0.3) is 0 Å². The van der Waals surface area contributed by atoms with E-state index in [1.54, 1.807) is 12.1 Å². The van der Waals surface area contributed by atoms with E-state index in [0.717, 1.165) is 30.8 Å². The monoisotopic (exact) mass is 434 g/mol. The molecule has 1 aromatic carbocycles. The van der Waals surface area contributed by atoms with Crippen molar-refractivity contribution in [3.63, 3.8) is 0 Å². The quantitative estimate of drug-likeness (QED) is 0.389. The number of nitro benzene ring substituents is 1. The smallest absolute Gasteiger partial charge is 0.269 e. The van der Waals surface area contributed by atoms with Crippen LogP contribution in [0.1, 0.15) is 32.6 Å². The normalized spacial score (nSPS) is 19.2. The summed E-state index contributed by atoms with van der Waals surface area (Å²) >= 11 is 1.41. The Balaban J connectivity index is 1.43. The van der Waals surface area contributed by atoms with Crippen molar-refractivity contribution in [3.05, 3.63) is 34.4 Å². The number of hydrogen-bond acceptors (Lipinski definition) is 6. The first kappa shape index (κ1) is 22.6. The molecule has 0 bridgehead atoms. The summed E-state index contributed by atoms with van der Waals surface area (Å²) in [6, 6.07) is 6.27. The molecule has 2 saturated heterocycles. The second kappa shape index (κ2) is 10.8. The van der Waals surface area contributed by atoms with Gasteiger partial charge >= 0.3 is 0 Å². The molecule has 2 aliphatic heterocycles. The molecule has 0 saturated carbocycles. The number of carbonyl (C=O) groups excluding carboxylic acids is 2. The summed E-state index contributed by atoms with van der Waals surface area (Å²) in [5.74, 6) is 0.274. The Morgan fingerprint density at radius 2 is 1.57 bits per heavy atom. The fourth-order valence-corrected chi connectivity index (χ4v) is 4.85. The molecule has 1 unspecified atom stereocenters. The third-order valence-electron chi connectivity index (χ3n) is 5.71. The van der Waals surface area contributed by atoms with Crippen molar-refractivity contribution in [1.29, 1.82) is 0 Å². The molecule has 1 aromatic rings. The van der Waals surface area contributed by atoms with Crippen molar-refractivity contribution in [2.75, 3.05) is 45.8 Å². The van der Waals surface area contributed by atoms with Crippen LogP contribution in [-0.2, 0) is 9.59 Å². The maximum absolute atomic E-state index is 12.8. The van der Waals surface area contributed by atoms with Gasteiger partial charge in [-0.2, -0.15) is 0 Å². The number of likely N-dealkylation sites (tertiary alicyclic amines) is 1. The van der Waals surface area contributed by atoms with Gasteiger partial charge in [0.15, 0.2) is 0 Å². The van der Waals surface area contributed by atoms with Gasteiger partial charge in [0, 0.05) is 56.3 Å². The van der Waals surface area contributed by atoms with E-state index in [2.05, 4.69) is 4.90 Å². The third kappa shape index (κ3) is 6.18. The molecule has 0 radical (unpaired) electrons. The second-order valence-corrected chi connectivity index (χ2v) is 9.32. The lowest BCUT2D eigenvalue weighted by atomic mass is 10.2. The predicted molar refractivity (Wildman–Crippen MR) is 116 cm³/mol. The average molecular weight is 435 g/mol. The zero-order chi connectivity index (χ0) is 21.5. The zero-order valence-electron chi connectivity index (χ0n) is 17.5. The van der Waals surface area contributed by atoms with Gasteiger partial charge in [0.1, 0.15) is 0 Å². The van der Waals surface area contributed by atoms with E-state index >= 15 is 0 Å². The molecule has 2 heterocycles. The Morgan fingerprint density at radius 1 is 0.967 bits per heavy atom. The van der Waals surface area contributed by atoms with Gasteiger partial charge in [0.25, 0.3) is 5.69 Å². The highest BCUT2D eigenvalue weighted by Crippen LogP contribution is 2.26. The van der Waals surface area contributed by atoms with Crippen molar-refractivity contribution >= 4 is 29.3 Å². The van der Waals surface area contributed by atoms with Crippen LogP contribution < -0.4 is 0 Å². The van der Waals surface area contributed by atoms with Crippen LogP contribution >= 0.6 is 11.8 Å². The van der Waals surface area contributed by atoms with E-state index in [1.807, 2.05) is 16.7 Å². The molecule has 30 heavy (non-hydrogen) atoms. The Morgan fingerprint density at radius 3 is 2.13 bits per heavy atom. The van der Waals surface area contributed by atoms with Gasteiger partial charge in [-0.05, 0) is 31.9 Å². The van der Waals surface area contributed by atoms with Gasteiger partial charge in [-0.15, -0.1) is 11.8 Å². The summed E-state index contributed by atoms with van der Waals surface area (Å²) in [6.45, 7) is 6.71. The van der Waals surface area contributed by atoms with Crippen LogP contribution in [-0.4, -0.2) is 82.5 Å². The maximum Gasteiger partial charge on any atom is 0.269 e. The number of amides is 2. The van der Waals surface area contributed by atoms with Gasteiger partial charge in [-0.3, -0.25) is 24.6 Å². The number of hydrogen-bond donors (Lipinski definition) is 0. The lowest BCUT2D eigenvalue weighted by Gasteiger charge is -2.36. The summed E-state index contributed by atoms with van der Waals surface area (Å²) < 4.78 is 0. The van der Waals surface area contributed by atoms with Crippen LogP contribution in [0.5, 0.6) is 0 Å². The van der Waals surface area contributed by atoms with Crippen LogP contribution in [0.15, 0.2) is 29.2 Å². The number of nitrogens with zero attached hydrogens (tertiary/aromatic N) is 4. The largest absolute Gasteiger partial charge is 0.342 e. The highest BCUT2D eigenvalue weighted by Gasteiger charge is 2.27.